The zero-order valence-corrected chi connectivity index (χ0v) is 18.4. The van der Waals surface area contributed by atoms with E-state index in [4.69, 9.17) is 19.3 Å². The lowest BCUT2D eigenvalue weighted by atomic mass is 9.73. The van der Waals surface area contributed by atoms with E-state index in [-0.39, 0.29) is 67.5 Å². The predicted octanol–water partition coefficient (Wildman–Crippen LogP) is 3.54. The zero-order chi connectivity index (χ0) is 23.3. The fraction of sp³-hybridized carbons (Fsp3) is 0.500. The van der Waals surface area contributed by atoms with Gasteiger partial charge in [-0.3, -0.25) is 4.79 Å². The van der Waals surface area contributed by atoms with Gasteiger partial charge >= 0.3 is 5.97 Å². The maximum absolute atomic E-state index is 13.0. The van der Waals surface area contributed by atoms with Crippen molar-refractivity contribution in [2.75, 3.05) is 33.0 Å². The van der Waals surface area contributed by atoms with Gasteiger partial charge in [-0.2, -0.15) is 0 Å². The molecule has 0 saturated heterocycles. The first-order valence-electron chi connectivity index (χ1n) is 10.9. The van der Waals surface area contributed by atoms with Crippen LogP contribution in [0.3, 0.4) is 0 Å². The molecular weight excluding hydrogens is 416 g/mol. The summed E-state index contributed by atoms with van der Waals surface area (Å²) in [5.41, 5.74) is 1.12. The molecule has 3 rings (SSSR count). The lowest BCUT2D eigenvalue weighted by Gasteiger charge is -2.30. The first-order chi connectivity index (χ1) is 15.3. The van der Waals surface area contributed by atoms with Gasteiger partial charge in [-0.1, -0.05) is 20.3 Å². The summed E-state index contributed by atoms with van der Waals surface area (Å²) >= 11 is 0. The Balaban J connectivity index is 1.70. The number of ether oxygens (including phenoxy) is 3. The van der Waals surface area contributed by atoms with Crippen molar-refractivity contribution in [2.45, 2.75) is 33.1 Å². The van der Waals surface area contributed by atoms with Crippen molar-refractivity contribution in [3.63, 3.8) is 0 Å². The smallest absolute Gasteiger partial charge is 0.329 e. The van der Waals surface area contributed by atoms with Crippen LogP contribution in [0.15, 0.2) is 18.2 Å². The Kier molecular flexibility index (Phi) is 7.93. The van der Waals surface area contributed by atoms with Gasteiger partial charge in [-0.15, -0.1) is 0 Å². The number of phenolic OH excluding ortho intramolecular Hbond substituents is 2. The standard InChI is InChI=1S/C24H30O8/c1-3-4-18-14(2)9-15-10-16-11-17(32-8-7-30-5-6-31-13-20(26)27)12-19(25)21(16)24(29)22(15)23(18)28/h10-12,14,18,25,29H,3-9,13H2,1-2H3,(H,26,27)/t14-,18+/m1/s1. The van der Waals surface area contributed by atoms with E-state index in [1.807, 2.05) is 13.0 Å². The van der Waals surface area contributed by atoms with Crippen molar-refractivity contribution in [3.05, 3.63) is 29.3 Å². The molecule has 0 aliphatic heterocycles. The Labute approximate surface area is 186 Å². The minimum absolute atomic E-state index is 0.0517. The molecule has 0 bridgehead atoms. The molecule has 1 aliphatic carbocycles. The van der Waals surface area contributed by atoms with E-state index in [0.717, 1.165) is 18.4 Å². The first kappa shape index (κ1) is 23.8. The molecule has 0 spiro atoms. The van der Waals surface area contributed by atoms with E-state index in [1.54, 1.807) is 6.07 Å². The van der Waals surface area contributed by atoms with E-state index < -0.39 is 5.97 Å². The molecule has 174 valence electrons. The number of carbonyl (C=O) groups excluding carboxylic acids is 1. The molecule has 0 aromatic heterocycles. The van der Waals surface area contributed by atoms with Crippen molar-refractivity contribution in [2.24, 2.45) is 11.8 Å². The number of carboxylic acids is 1. The number of phenols is 2. The lowest BCUT2D eigenvalue weighted by molar-refractivity contribution is -0.142. The average Bonchev–Trinajstić information content (AvgIpc) is 2.72. The van der Waals surface area contributed by atoms with Crippen molar-refractivity contribution in [3.8, 4) is 17.2 Å². The second-order valence-corrected chi connectivity index (χ2v) is 8.15. The Morgan fingerprint density at radius 1 is 1.09 bits per heavy atom. The third-order valence-corrected chi connectivity index (χ3v) is 5.75. The van der Waals surface area contributed by atoms with Crippen LogP contribution in [-0.2, 0) is 20.7 Å². The molecule has 0 heterocycles. The van der Waals surface area contributed by atoms with E-state index in [0.29, 0.717) is 23.1 Å². The number of aromatic hydroxyl groups is 2. The van der Waals surface area contributed by atoms with Crippen LogP contribution in [0.5, 0.6) is 17.2 Å². The van der Waals surface area contributed by atoms with Crippen LogP contribution in [0, 0.1) is 11.8 Å². The van der Waals surface area contributed by atoms with Crippen LogP contribution >= 0.6 is 0 Å². The molecule has 0 amide bonds. The summed E-state index contributed by atoms with van der Waals surface area (Å²) in [5, 5.41) is 30.7. The number of Topliss-reactive ketones (excluding diaryl/α,β-unsaturated/α-hetero) is 1. The average molecular weight is 446 g/mol. The SMILES string of the molecule is CCC[C@@H]1C(=O)c2c(cc3cc(OCCOCCOCC(=O)O)cc(O)c3c2O)C[C@H]1C. The van der Waals surface area contributed by atoms with E-state index in [9.17, 15) is 19.8 Å². The van der Waals surface area contributed by atoms with Crippen molar-refractivity contribution < 1.29 is 39.1 Å². The number of ketones is 1. The van der Waals surface area contributed by atoms with Gasteiger partial charge < -0.3 is 29.5 Å². The Morgan fingerprint density at radius 3 is 2.53 bits per heavy atom. The minimum Gasteiger partial charge on any atom is -0.507 e. The first-order valence-corrected chi connectivity index (χ1v) is 10.9. The van der Waals surface area contributed by atoms with E-state index in [2.05, 4.69) is 6.92 Å². The van der Waals surface area contributed by atoms with Crippen molar-refractivity contribution in [1.29, 1.82) is 0 Å². The number of carboxylic acid groups (broad SMARTS) is 1. The minimum atomic E-state index is -1.03. The molecule has 8 heteroatoms. The number of hydrogen-bond donors (Lipinski definition) is 3. The molecule has 1 aliphatic rings. The number of aliphatic carboxylic acids is 1. The summed E-state index contributed by atoms with van der Waals surface area (Å²) in [6.07, 6.45) is 2.37. The van der Waals surface area contributed by atoms with Crippen LogP contribution in [0.4, 0.5) is 0 Å². The molecular formula is C24H30O8. The third-order valence-electron chi connectivity index (χ3n) is 5.75. The summed E-state index contributed by atoms with van der Waals surface area (Å²) in [6, 6.07) is 4.98. The normalized spacial score (nSPS) is 18.0. The highest BCUT2D eigenvalue weighted by atomic mass is 16.5. The lowest BCUT2D eigenvalue weighted by Crippen LogP contribution is -2.30. The molecule has 0 fully saturated rings. The summed E-state index contributed by atoms with van der Waals surface area (Å²) in [6.45, 7) is 4.63. The molecule has 0 unspecified atom stereocenters. The number of hydrogen-bond acceptors (Lipinski definition) is 7. The summed E-state index contributed by atoms with van der Waals surface area (Å²) in [4.78, 5) is 23.4. The number of rotatable bonds is 11. The van der Waals surface area contributed by atoms with Gasteiger partial charge in [-0.25, -0.2) is 4.79 Å². The van der Waals surface area contributed by atoms with Gasteiger partial charge in [-0.05, 0) is 41.8 Å². The molecule has 3 N–H and O–H groups in total. The van der Waals surface area contributed by atoms with Crippen LogP contribution < -0.4 is 4.74 Å². The fourth-order valence-electron chi connectivity index (χ4n) is 4.31. The van der Waals surface area contributed by atoms with Gasteiger partial charge in [0.15, 0.2) is 5.78 Å². The van der Waals surface area contributed by atoms with Crippen molar-refractivity contribution in [1.82, 2.24) is 0 Å². The highest BCUT2D eigenvalue weighted by Crippen LogP contribution is 2.44. The second-order valence-electron chi connectivity index (χ2n) is 8.15. The molecule has 2 aromatic rings. The quantitative estimate of drug-likeness (QED) is 0.448. The van der Waals surface area contributed by atoms with Crippen LogP contribution in [0.1, 0.15) is 42.6 Å². The molecule has 2 atom stereocenters. The maximum Gasteiger partial charge on any atom is 0.329 e. The molecule has 0 saturated carbocycles. The fourth-order valence-corrected chi connectivity index (χ4v) is 4.31. The highest BCUT2D eigenvalue weighted by Gasteiger charge is 2.35. The van der Waals surface area contributed by atoms with Gasteiger partial charge in [0.1, 0.15) is 30.5 Å². The maximum atomic E-state index is 13.0. The van der Waals surface area contributed by atoms with Gasteiger partial charge in [0, 0.05) is 12.0 Å². The highest BCUT2D eigenvalue weighted by molar-refractivity contribution is 6.09. The van der Waals surface area contributed by atoms with Gasteiger partial charge in [0.05, 0.1) is 30.8 Å². The molecule has 8 nitrogen and oxygen atoms in total. The Bertz CT molecular complexity index is 984. The Morgan fingerprint density at radius 2 is 1.81 bits per heavy atom. The van der Waals surface area contributed by atoms with Gasteiger partial charge in [0.25, 0.3) is 0 Å². The van der Waals surface area contributed by atoms with E-state index >= 15 is 0 Å². The second kappa shape index (κ2) is 10.7. The zero-order valence-electron chi connectivity index (χ0n) is 18.4. The van der Waals surface area contributed by atoms with E-state index in [1.165, 1.54) is 6.07 Å². The van der Waals surface area contributed by atoms with Crippen molar-refractivity contribution >= 4 is 22.5 Å². The molecule has 2 aromatic carbocycles. The topological polar surface area (TPSA) is 123 Å². The largest absolute Gasteiger partial charge is 0.507 e. The summed E-state index contributed by atoms with van der Waals surface area (Å²) in [7, 11) is 0. The summed E-state index contributed by atoms with van der Waals surface area (Å²) < 4.78 is 15.8. The monoisotopic (exact) mass is 446 g/mol. The predicted molar refractivity (Wildman–Crippen MR) is 118 cm³/mol. The third kappa shape index (κ3) is 5.31. The summed E-state index contributed by atoms with van der Waals surface area (Å²) in [5.74, 6) is -0.908. The number of carbonyl (C=O) groups is 2. The van der Waals surface area contributed by atoms with Gasteiger partial charge in [0.2, 0.25) is 0 Å². The van der Waals surface area contributed by atoms with Crippen LogP contribution in [-0.4, -0.2) is 60.1 Å². The van der Waals surface area contributed by atoms with Crippen LogP contribution in [0.25, 0.3) is 10.8 Å². The molecule has 0 radical (unpaired) electrons. The Hall–Kier alpha value is -2.84. The number of benzene rings is 2. The number of fused-ring (bicyclic) bond motifs is 2. The molecule has 32 heavy (non-hydrogen) atoms. The van der Waals surface area contributed by atoms with Crippen LogP contribution in [0.2, 0.25) is 0 Å².